The van der Waals surface area contributed by atoms with Gasteiger partial charge in [0.15, 0.2) is 6.29 Å². The van der Waals surface area contributed by atoms with Crippen LogP contribution in [0.15, 0.2) is 18.2 Å². The Morgan fingerprint density at radius 3 is 2.63 bits per heavy atom. The lowest BCUT2D eigenvalue weighted by atomic mass is 10.1. The first-order valence-corrected chi connectivity index (χ1v) is 5.76. The summed E-state index contributed by atoms with van der Waals surface area (Å²) >= 11 is 0. The highest BCUT2D eigenvalue weighted by molar-refractivity contribution is 5.80. The summed E-state index contributed by atoms with van der Waals surface area (Å²) in [5.41, 5.74) is 1.23. The average molecular weight is 276 g/mol. The highest BCUT2D eigenvalue weighted by Crippen LogP contribution is 2.22. The molecule has 19 heavy (non-hydrogen) atoms. The summed E-state index contributed by atoms with van der Waals surface area (Å²) in [7, 11) is 0. The molecule has 0 aliphatic carbocycles. The molecular weight excluding hydrogens is 261 g/mol. The molecule has 1 aromatic rings. The summed E-state index contributed by atoms with van der Waals surface area (Å²) in [5.74, 6) is 0.466. The van der Waals surface area contributed by atoms with E-state index in [1.54, 1.807) is 25.1 Å². The molecule has 0 saturated heterocycles. The molecule has 0 N–H and O–H groups in total. The molecule has 0 amide bonds. The van der Waals surface area contributed by atoms with E-state index < -0.39 is 12.8 Å². The van der Waals surface area contributed by atoms with Gasteiger partial charge in [-0.05, 0) is 18.6 Å². The number of aryl methyl sites for hydroxylation is 1. The Morgan fingerprint density at radius 1 is 1.26 bits per heavy atom. The van der Waals surface area contributed by atoms with E-state index in [0.29, 0.717) is 24.0 Å². The van der Waals surface area contributed by atoms with Crippen molar-refractivity contribution in [2.45, 2.75) is 19.5 Å². The molecule has 0 aliphatic heterocycles. The molecule has 0 aliphatic rings. The number of alkyl halides is 3. The Kier molecular flexibility index (Phi) is 5.82. The lowest BCUT2D eigenvalue weighted by Gasteiger charge is -2.11. The molecule has 1 rings (SSSR count). The van der Waals surface area contributed by atoms with Crippen molar-refractivity contribution >= 4 is 6.29 Å². The minimum Gasteiger partial charge on any atom is -0.492 e. The SMILES string of the molecule is Cc1cccc(C=O)c1OCCCOCC(F)(F)F. The number of aldehydes is 1. The standard InChI is InChI=1S/C13H15F3O3/c1-10-4-2-5-11(8-17)12(10)19-7-3-6-18-9-13(14,15)16/h2,4-5,8H,3,6-7,9H2,1H3. The molecule has 106 valence electrons. The van der Waals surface area contributed by atoms with Gasteiger partial charge in [0, 0.05) is 6.42 Å². The van der Waals surface area contributed by atoms with Crippen LogP contribution in [0.5, 0.6) is 5.75 Å². The lowest BCUT2D eigenvalue weighted by molar-refractivity contribution is -0.174. The van der Waals surface area contributed by atoms with Gasteiger partial charge in [-0.3, -0.25) is 4.79 Å². The molecule has 0 spiro atoms. The van der Waals surface area contributed by atoms with Crippen LogP contribution in [0.2, 0.25) is 0 Å². The van der Waals surface area contributed by atoms with Crippen LogP contribution in [-0.2, 0) is 4.74 Å². The topological polar surface area (TPSA) is 35.5 Å². The summed E-state index contributed by atoms with van der Waals surface area (Å²) in [6, 6.07) is 5.15. The van der Waals surface area contributed by atoms with Crippen LogP contribution in [0.25, 0.3) is 0 Å². The quantitative estimate of drug-likeness (QED) is 0.567. The summed E-state index contributed by atoms with van der Waals surface area (Å²) in [4.78, 5) is 10.8. The third kappa shape index (κ3) is 5.74. The second-order valence-electron chi connectivity index (χ2n) is 3.98. The first-order valence-electron chi connectivity index (χ1n) is 5.76. The zero-order valence-corrected chi connectivity index (χ0v) is 10.5. The summed E-state index contributed by atoms with van der Waals surface area (Å²) < 4.78 is 45.2. The number of carbonyl (C=O) groups is 1. The molecule has 6 heteroatoms. The lowest BCUT2D eigenvalue weighted by Crippen LogP contribution is -2.18. The maximum atomic E-state index is 11.8. The number of hydrogen-bond donors (Lipinski definition) is 0. The number of ether oxygens (including phenoxy) is 2. The second-order valence-corrected chi connectivity index (χ2v) is 3.98. The van der Waals surface area contributed by atoms with Gasteiger partial charge in [0.1, 0.15) is 12.4 Å². The van der Waals surface area contributed by atoms with Crippen molar-refractivity contribution in [1.82, 2.24) is 0 Å². The fourth-order valence-electron chi connectivity index (χ4n) is 1.49. The predicted octanol–water partition coefficient (Wildman–Crippen LogP) is 3.16. The zero-order chi connectivity index (χ0) is 14.3. The van der Waals surface area contributed by atoms with E-state index in [0.717, 1.165) is 5.56 Å². The first kappa shape index (κ1) is 15.5. The van der Waals surface area contributed by atoms with Crippen LogP contribution in [-0.4, -0.2) is 32.3 Å². The van der Waals surface area contributed by atoms with Crippen LogP contribution >= 0.6 is 0 Å². The molecule has 0 atom stereocenters. The van der Waals surface area contributed by atoms with Crippen LogP contribution < -0.4 is 4.74 Å². The maximum Gasteiger partial charge on any atom is 0.411 e. The van der Waals surface area contributed by atoms with Gasteiger partial charge in [-0.1, -0.05) is 12.1 Å². The third-order valence-electron chi connectivity index (χ3n) is 2.31. The second kappa shape index (κ2) is 7.13. The minimum absolute atomic E-state index is 0.0399. The molecule has 0 unspecified atom stereocenters. The van der Waals surface area contributed by atoms with Crippen molar-refractivity contribution in [3.63, 3.8) is 0 Å². The summed E-state index contributed by atoms with van der Waals surface area (Å²) in [6.07, 6.45) is -3.30. The van der Waals surface area contributed by atoms with Crippen molar-refractivity contribution in [2.75, 3.05) is 19.8 Å². The number of rotatable bonds is 7. The zero-order valence-electron chi connectivity index (χ0n) is 10.5. The number of benzene rings is 1. The van der Waals surface area contributed by atoms with E-state index in [9.17, 15) is 18.0 Å². The smallest absolute Gasteiger partial charge is 0.411 e. The van der Waals surface area contributed by atoms with E-state index in [1.165, 1.54) is 0 Å². The van der Waals surface area contributed by atoms with Crippen molar-refractivity contribution in [2.24, 2.45) is 0 Å². The maximum absolute atomic E-state index is 11.8. The number of para-hydroxylation sites is 1. The predicted molar refractivity (Wildman–Crippen MR) is 63.6 cm³/mol. The molecular formula is C13H15F3O3. The van der Waals surface area contributed by atoms with E-state index in [1.807, 2.05) is 0 Å². The summed E-state index contributed by atoms with van der Waals surface area (Å²) in [6.45, 7) is 0.699. The normalized spacial score (nSPS) is 11.4. The molecule has 3 nitrogen and oxygen atoms in total. The van der Waals surface area contributed by atoms with Gasteiger partial charge < -0.3 is 9.47 Å². The van der Waals surface area contributed by atoms with Gasteiger partial charge in [0.25, 0.3) is 0 Å². The average Bonchev–Trinajstić information content (AvgIpc) is 2.33. The van der Waals surface area contributed by atoms with E-state index in [4.69, 9.17) is 4.74 Å². The van der Waals surface area contributed by atoms with Crippen molar-refractivity contribution in [3.05, 3.63) is 29.3 Å². The Balaban J connectivity index is 2.32. The van der Waals surface area contributed by atoms with Crippen molar-refractivity contribution < 1.29 is 27.4 Å². The molecule has 0 radical (unpaired) electrons. The van der Waals surface area contributed by atoms with Crippen molar-refractivity contribution in [3.8, 4) is 5.75 Å². The fourth-order valence-corrected chi connectivity index (χ4v) is 1.49. The molecule has 0 aromatic heterocycles. The molecule has 0 saturated carbocycles. The van der Waals surface area contributed by atoms with Gasteiger partial charge >= 0.3 is 6.18 Å². The highest BCUT2D eigenvalue weighted by atomic mass is 19.4. The van der Waals surface area contributed by atoms with Crippen LogP contribution in [0.3, 0.4) is 0 Å². The van der Waals surface area contributed by atoms with E-state index in [2.05, 4.69) is 4.74 Å². The van der Waals surface area contributed by atoms with Crippen LogP contribution in [0.4, 0.5) is 13.2 Å². The Morgan fingerprint density at radius 2 is 2.00 bits per heavy atom. The Hall–Kier alpha value is -1.56. The Labute approximate surface area is 109 Å². The van der Waals surface area contributed by atoms with Gasteiger partial charge in [0.05, 0.1) is 18.8 Å². The minimum atomic E-state index is -4.30. The molecule has 0 heterocycles. The fraction of sp³-hybridized carbons (Fsp3) is 0.462. The Bertz CT molecular complexity index is 416. The number of hydrogen-bond acceptors (Lipinski definition) is 3. The number of halogens is 3. The van der Waals surface area contributed by atoms with Crippen LogP contribution in [0, 0.1) is 6.92 Å². The molecule has 0 bridgehead atoms. The molecule has 0 fully saturated rings. The van der Waals surface area contributed by atoms with Crippen LogP contribution in [0.1, 0.15) is 22.3 Å². The largest absolute Gasteiger partial charge is 0.492 e. The van der Waals surface area contributed by atoms with Crippen molar-refractivity contribution in [1.29, 1.82) is 0 Å². The highest BCUT2D eigenvalue weighted by Gasteiger charge is 2.27. The van der Waals surface area contributed by atoms with Gasteiger partial charge in [-0.2, -0.15) is 13.2 Å². The van der Waals surface area contributed by atoms with E-state index in [-0.39, 0.29) is 13.2 Å². The van der Waals surface area contributed by atoms with Gasteiger partial charge in [-0.15, -0.1) is 0 Å². The van der Waals surface area contributed by atoms with Gasteiger partial charge in [-0.25, -0.2) is 0 Å². The first-order chi connectivity index (χ1) is 8.94. The third-order valence-corrected chi connectivity index (χ3v) is 2.31. The number of carbonyl (C=O) groups excluding carboxylic acids is 1. The van der Waals surface area contributed by atoms with Gasteiger partial charge in [0.2, 0.25) is 0 Å². The van der Waals surface area contributed by atoms with E-state index >= 15 is 0 Å². The molecule has 1 aromatic carbocycles. The monoisotopic (exact) mass is 276 g/mol. The summed E-state index contributed by atoms with van der Waals surface area (Å²) in [5, 5.41) is 0.